The summed E-state index contributed by atoms with van der Waals surface area (Å²) in [6, 6.07) is 12.5. The fourth-order valence-corrected chi connectivity index (χ4v) is 3.74. The van der Waals surface area contributed by atoms with Crippen LogP contribution in [0.25, 0.3) is 22.2 Å². The van der Waals surface area contributed by atoms with E-state index in [0.29, 0.717) is 5.56 Å². The summed E-state index contributed by atoms with van der Waals surface area (Å²) in [4.78, 5) is 7.55. The van der Waals surface area contributed by atoms with Gasteiger partial charge in [0, 0.05) is 40.2 Å². The van der Waals surface area contributed by atoms with Crippen LogP contribution < -0.4 is 5.32 Å². The number of halogens is 2. The summed E-state index contributed by atoms with van der Waals surface area (Å²) in [6.45, 7) is 1.56. The van der Waals surface area contributed by atoms with E-state index in [2.05, 4.69) is 15.3 Å². The molecule has 5 rings (SSSR count). The van der Waals surface area contributed by atoms with Gasteiger partial charge in [0.05, 0.1) is 6.04 Å². The Balaban J connectivity index is 1.85. The number of nitrogens with zero attached hydrogens (tertiary/aromatic N) is 1. The highest BCUT2D eigenvalue weighted by Gasteiger charge is 2.28. The predicted molar refractivity (Wildman–Crippen MR) is 98.1 cm³/mol. The molecular formula is C21H15F2N3. The van der Waals surface area contributed by atoms with Crippen molar-refractivity contribution in [1.29, 1.82) is 0 Å². The number of benzene rings is 2. The first-order valence-corrected chi connectivity index (χ1v) is 8.41. The Morgan fingerprint density at radius 3 is 2.65 bits per heavy atom. The average molecular weight is 347 g/mol. The standard InChI is InChI=1S/C21H15F2N3/c1-11-6-7-14(19(23)18(11)22)20-15-10-25-21-17(15)13(8-9-24-21)12-4-2-3-5-16(12)26-20/h2-10,20,26H,1H3,(H,24,25). The van der Waals surface area contributed by atoms with Crippen LogP contribution in [0.4, 0.5) is 14.5 Å². The number of nitrogens with one attached hydrogen (secondary N) is 2. The molecule has 1 aliphatic heterocycles. The van der Waals surface area contributed by atoms with Gasteiger partial charge in [0.1, 0.15) is 5.65 Å². The van der Waals surface area contributed by atoms with Crippen molar-refractivity contribution >= 4 is 16.7 Å². The maximum atomic E-state index is 14.8. The van der Waals surface area contributed by atoms with Crippen molar-refractivity contribution in [3.05, 3.63) is 83.2 Å². The Hall–Kier alpha value is -3.21. The van der Waals surface area contributed by atoms with E-state index < -0.39 is 17.7 Å². The molecule has 2 aromatic carbocycles. The topological polar surface area (TPSA) is 40.7 Å². The third kappa shape index (κ3) is 2.00. The molecule has 4 aromatic rings. The van der Waals surface area contributed by atoms with E-state index in [-0.39, 0.29) is 5.56 Å². The zero-order valence-corrected chi connectivity index (χ0v) is 14.0. The minimum atomic E-state index is -0.818. The van der Waals surface area contributed by atoms with Gasteiger partial charge in [-0.15, -0.1) is 0 Å². The number of anilines is 1. The molecule has 3 nitrogen and oxygen atoms in total. The third-order valence-electron chi connectivity index (χ3n) is 5.05. The van der Waals surface area contributed by atoms with Crippen molar-refractivity contribution in [3.63, 3.8) is 0 Å². The van der Waals surface area contributed by atoms with Crippen LogP contribution in [0.1, 0.15) is 22.7 Å². The number of para-hydroxylation sites is 1. The number of aryl methyl sites for hydroxylation is 1. The highest BCUT2D eigenvalue weighted by Crippen LogP contribution is 2.44. The van der Waals surface area contributed by atoms with Gasteiger partial charge in [-0.25, -0.2) is 13.8 Å². The van der Waals surface area contributed by atoms with Gasteiger partial charge in [-0.3, -0.25) is 0 Å². The van der Waals surface area contributed by atoms with Crippen LogP contribution >= 0.6 is 0 Å². The predicted octanol–water partition coefficient (Wildman–Crippen LogP) is 5.33. The number of hydrogen-bond donors (Lipinski definition) is 2. The molecule has 3 heterocycles. The van der Waals surface area contributed by atoms with Crippen LogP contribution in [0.3, 0.4) is 0 Å². The van der Waals surface area contributed by atoms with E-state index in [9.17, 15) is 8.78 Å². The molecule has 0 aliphatic carbocycles. The maximum Gasteiger partial charge on any atom is 0.164 e. The molecule has 2 aromatic heterocycles. The zero-order chi connectivity index (χ0) is 17.8. The van der Waals surface area contributed by atoms with Gasteiger partial charge < -0.3 is 10.3 Å². The number of aromatic nitrogens is 2. The molecule has 0 saturated heterocycles. The molecule has 0 saturated carbocycles. The van der Waals surface area contributed by atoms with E-state index in [1.165, 1.54) is 0 Å². The number of rotatable bonds is 1. The Labute approximate surface area is 148 Å². The van der Waals surface area contributed by atoms with Gasteiger partial charge in [-0.05, 0) is 30.2 Å². The van der Waals surface area contributed by atoms with Crippen molar-refractivity contribution in [2.75, 3.05) is 5.32 Å². The third-order valence-corrected chi connectivity index (χ3v) is 5.05. The van der Waals surface area contributed by atoms with E-state index >= 15 is 0 Å². The minimum absolute atomic E-state index is 0.278. The summed E-state index contributed by atoms with van der Waals surface area (Å²) in [5.74, 6) is -1.62. The van der Waals surface area contributed by atoms with Crippen LogP contribution in [0.15, 0.2) is 54.9 Å². The molecular weight excluding hydrogens is 332 g/mol. The lowest BCUT2D eigenvalue weighted by molar-refractivity contribution is 0.491. The molecule has 0 amide bonds. The quantitative estimate of drug-likeness (QED) is 0.488. The van der Waals surface area contributed by atoms with Crippen molar-refractivity contribution < 1.29 is 8.78 Å². The normalized spacial score (nSPS) is 15.4. The molecule has 0 spiro atoms. The molecule has 0 bridgehead atoms. The van der Waals surface area contributed by atoms with Crippen LogP contribution in [-0.2, 0) is 0 Å². The summed E-state index contributed by atoms with van der Waals surface area (Å²) >= 11 is 0. The lowest BCUT2D eigenvalue weighted by atomic mass is 9.96. The Bertz CT molecular complexity index is 1160. The summed E-state index contributed by atoms with van der Waals surface area (Å²) in [6.07, 6.45) is 3.57. The van der Waals surface area contributed by atoms with Crippen molar-refractivity contribution in [3.8, 4) is 11.1 Å². The number of hydrogen-bond acceptors (Lipinski definition) is 2. The Kier molecular flexibility index (Phi) is 3.13. The fraction of sp³-hybridized carbons (Fsp3) is 0.0952. The first kappa shape index (κ1) is 15.1. The lowest BCUT2D eigenvalue weighted by Gasteiger charge is -2.20. The molecule has 128 valence electrons. The van der Waals surface area contributed by atoms with Gasteiger partial charge >= 0.3 is 0 Å². The molecule has 1 atom stereocenters. The number of pyridine rings is 1. The summed E-state index contributed by atoms with van der Waals surface area (Å²) in [5.41, 5.74) is 5.06. The van der Waals surface area contributed by atoms with Gasteiger partial charge in [0.15, 0.2) is 11.6 Å². The van der Waals surface area contributed by atoms with Crippen LogP contribution in [-0.4, -0.2) is 9.97 Å². The van der Waals surface area contributed by atoms with Crippen molar-refractivity contribution in [1.82, 2.24) is 9.97 Å². The molecule has 0 radical (unpaired) electrons. The highest BCUT2D eigenvalue weighted by molar-refractivity contribution is 6.01. The van der Waals surface area contributed by atoms with Gasteiger partial charge in [0.2, 0.25) is 0 Å². The Morgan fingerprint density at radius 1 is 0.923 bits per heavy atom. The zero-order valence-electron chi connectivity index (χ0n) is 14.0. The van der Waals surface area contributed by atoms with Gasteiger partial charge in [-0.2, -0.15) is 0 Å². The fourth-order valence-electron chi connectivity index (χ4n) is 3.74. The summed E-state index contributed by atoms with van der Waals surface area (Å²) in [5, 5.41) is 4.33. The summed E-state index contributed by atoms with van der Waals surface area (Å²) in [7, 11) is 0. The smallest absolute Gasteiger partial charge is 0.164 e. The van der Waals surface area contributed by atoms with E-state index in [1.54, 1.807) is 25.3 Å². The lowest BCUT2D eigenvalue weighted by Crippen LogP contribution is -2.14. The minimum Gasteiger partial charge on any atom is -0.373 e. The SMILES string of the molecule is Cc1ccc(C2Nc3ccccc3-c3ccnc4[nH]cc2c34)c(F)c1F. The monoisotopic (exact) mass is 347 g/mol. The number of fused-ring (bicyclic) bond motifs is 2. The Morgan fingerprint density at radius 2 is 1.77 bits per heavy atom. The maximum absolute atomic E-state index is 14.8. The first-order chi connectivity index (χ1) is 12.6. The molecule has 1 aliphatic rings. The molecule has 1 unspecified atom stereocenters. The van der Waals surface area contributed by atoms with E-state index in [1.807, 2.05) is 36.5 Å². The van der Waals surface area contributed by atoms with Crippen molar-refractivity contribution in [2.24, 2.45) is 0 Å². The highest BCUT2D eigenvalue weighted by atomic mass is 19.2. The van der Waals surface area contributed by atoms with Crippen LogP contribution in [0, 0.1) is 18.6 Å². The van der Waals surface area contributed by atoms with Crippen LogP contribution in [0.5, 0.6) is 0 Å². The molecule has 2 N–H and O–H groups in total. The molecule has 0 fully saturated rings. The van der Waals surface area contributed by atoms with Crippen LogP contribution in [0.2, 0.25) is 0 Å². The summed E-state index contributed by atoms with van der Waals surface area (Å²) < 4.78 is 29.0. The average Bonchev–Trinajstić information content (AvgIpc) is 3.03. The van der Waals surface area contributed by atoms with Gasteiger partial charge in [-0.1, -0.05) is 30.3 Å². The second-order valence-corrected chi connectivity index (χ2v) is 6.55. The van der Waals surface area contributed by atoms with E-state index in [4.69, 9.17) is 0 Å². The van der Waals surface area contributed by atoms with Crippen molar-refractivity contribution in [2.45, 2.75) is 13.0 Å². The first-order valence-electron chi connectivity index (χ1n) is 8.41. The second kappa shape index (κ2) is 5.39. The molecule has 26 heavy (non-hydrogen) atoms. The second-order valence-electron chi connectivity index (χ2n) is 6.55. The van der Waals surface area contributed by atoms with E-state index in [0.717, 1.165) is 33.4 Å². The number of aromatic amines is 1. The number of H-pyrrole nitrogens is 1. The largest absolute Gasteiger partial charge is 0.373 e. The van der Waals surface area contributed by atoms with Gasteiger partial charge in [0.25, 0.3) is 0 Å². The molecule has 5 heteroatoms.